The number of rotatable bonds is 6. The molecule has 1 aromatic carbocycles. The van der Waals surface area contributed by atoms with Crippen molar-refractivity contribution in [2.24, 2.45) is 0 Å². The normalized spacial score (nSPS) is 15.2. The number of nitrogens with zero attached hydrogens (tertiary/aromatic N) is 6. The summed E-state index contributed by atoms with van der Waals surface area (Å²) in [6, 6.07) is 9.95. The number of piperazine rings is 1. The summed E-state index contributed by atoms with van der Waals surface area (Å²) in [5.41, 5.74) is 3.66. The number of carbonyl (C=O) groups is 1. The third kappa shape index (κ3) is 6.10. The Morgan fingerprint density at radius 3 is 2.60 bits per heavy atom. The van der Waals surface area contributed by atoms with Gasteiger partial charge in [0.1, 0.15) is 23.4 Å². The van der Waals surface area contributed by atoms with Crippen molar-refractivity contribution in [1.29, 1.82) is 0 Å². The zero-order chi connectivity index (χ0) is 28.4. The molecular formula is C28H33ClN8O3. The van der Waals surface area contributed by atoms with Crippen LogP contribution in [0.15, 0.2) is 42.9 Å². The number of halogens is 1. The highest BCUT2D eigenvalue weighted by Crippen LogP contribution is 2.34. The first-order valence-electron chi connectivity index (χ1n) is 13.1. The molecule has 1 fully saturated rings. The number of anilines is 2. The molecule has 1 saturated heterocycles. The fourth-order valence-electron chi connectivity index (χ4n) is 4.68. The number of pyridine rings is 1. The van der Waals surface area contributed by atoms with Gasteiger partial charge in [0.25, 0.3) is 0 Å². The molecule has 1 aliphatic rings. The van der Waals surface area contributed by atoms with Gasteiger partial charge in [-0.3, -0.25) is 4.90 Å². The summed E-state index contributed by atoms with van der Waals surface area (Å²) in [6.45, 7) is 10.6. The van der Waals surface area contributed by atoms with Gasteiger partial charge in [-0.1, -0.05) is 17.7 Å². The first-order chi connectivity index (χ1) is 19.1. The van der Waals surface area contributed by atoms with E-state index < -0.39 is 5.60 Å². The Morgan fingerprint density at radius 2 is 1.88 bits per heavy atom. The number of aromatic amines is 1. The van der Waals surface area contributed by atoms with Crippen LogP contribution in [0.25, 0.3) is 22.3 Å². The quantitative estimate of drug-likeness (QED) is 0.295. The Bertz CT molecular complexity index is 1510. The maximum atomic E-state index is 12.4. The van der Waals surface area contributed by atoms with Crippen molar-refractivity contribution in [3.05, 3.63) is 53.6 Å². The molecule has 1 amide bonds. The number of fused-ring (bicyclic) bond motifs is 1. The summed E-state index contributed by atoms with van der Waals surface area (Å²) in [4.78, 5) is 37.3. The van der Waals surface area contributed by atoms with E-state index in [4.69, 9.17) is 21.1 Å². The molecule has 0 spiro atoms. The van der Waals surface area contributed by atoms with Gasteiger partial charge in [-0.2, -0.15) is 0 Å². The highest BCUT2D eigenvalue weighted by Gasteiger charge is 2.28. The Balaban J connectivity index is 1.26. The molecule has 0 radical (unpaired) electrons. The average Bonchev–Trinajstić information content (AvgIpc) is 3.33. The minimum Gasteiger partial charge on any atom is -0.491 e. The molecule has 3 aromatic heterocycles. The van der Waals surface area contributed by atoms with Crippen LogP contribution in [-0.2, 0) is 4.74 Å². The van der Waals surface area contributed by atoms with Gasteiger partial charge in [-0.25, -0.2) is 24.7 Å². The van der Waals surface area contributed by atoms with Gasteiger partial charge in [0, 0.05) is 44.0 Å². The van der Waals surface area contributed by atoms with Crippen LogP contribution in [0.1, 0.15) is 39.3 Å². The van der Waals surface area contributed by atoms with E-state index in [1.165, 1.54) is 13.4 Å². The van der Waals surface area contributed by atoms with Crippen molar-refractivity contribution in [2.45, 2.75) is 39.3 Å². The van der Waals surface area contributed by atoms with Gasteiger partial charge >= 0.3 is 6.09 Å². The largest absolute Gasteiger partial charge is 0.491 e. The Labute approximate surface area is 237 Å². The second-order valence-electron chi connectivity index (χ2n) is 10.6. The number of methoxy groups -OCH3 is 1. The van der Waals surface area contributed by atoms with Crippen LogP contribution in [0.2, 0.25) is 5.15 Å². The number of hydrogen-bond acceptors (Lipinski definition) is 9. The number of benzene rings is 1. The van der Waals surface area contributed by atoms with E-state index in [-0.39, 0.29) is 17.3 Å². The molecule has 210 valence electrons. The zero-order valence-corrected chi connectivity index (χ0v) is 24.0. The topological polar surface area (TPSA) is 121 Å². The number of hydrogen-bond donors (Lipinski definition) is 2. The molecular weight excluding hydrogens is 532 g/mol. The minimum atomic E-state index is -0.497. The van der Waals surface area contributed by atoms with Crippen molar-refractivity contribution in [3.8, 4) is 17.0 Å². The summed E-state index contributed by atoms with van der Waals surface area (Å²) in [7, 11) is 1.54. The molecule has 40 heavy (non-hydrogen) atoms. The molecule has 12 heteroatoms. The number of carbonyl (C=O) groups excluding carboxylic acids is 1. The lowest BCUT2D eigenvalue weighted by Crippen LogP contribution is -2.50. The van der Waals surface area contributed by atoms with Gasteiger partial charge in [-0.15, -0.1) is 0 Å². The van der Waals surface area contributed by atoms with Crippen molar-refractivity contribution < 1.29 is 14.3 Å². The maximum Gasteiger partial charge on any atom is 0.410 e. The summed E-state index contributed by atoms with van der Waals surface area (Å²) in [6.07, 6.45) is 2.94. The summed E-state index contributed by atoms with van der Waals surface area (Å²) in [5, 5.41) is 3.54. The summed E-state index contributed by atoms with van der Waals surface area (Å²) >= 11 is 6.18. The van der Waals surface area contributed by atoms with Crippen molar-refractivity contribution >= 4 is 40.5 Å². The van der Waals surface area contributed by atoms with Gasteiger partial charge in [0.05, 0.1) is 18.1 Å². The first kappa shape index (κ1) is 27.6. The molecule has 4 aromatic rings. The van der Waals surface area contributed by atoms with E-state index in [9.17, 15) is 4.79 Å². The van der Waals surface area contributed by atoms with E-state index in [0.29, 0.717) is 36.3 Å². The van der Waals surface area contributed by atoms with Gasteiger partial charge < -0.3 is 24.7 Å². The van der Waals surface area contributed by atoms with E-state index >= 15 is 0 Å². The molecule has 1 aliphatic heterocycles. The minimum absolute atomic E-state index is 0.150. The molecule has 0 saturated carbocycles. The third-order valence-electron chi connectivity index (χ3n) is 6.75. The predicted molar refractivity (Wildman–Crippen MR) is 154 cm³/mol. The molecule has 1 atom stereocenters. The second kappa shape index (κ2) is 11.3. The lowest BCUT2D eigenvalue weighted by Gasteiger charge is -2.38. The fourth-order valence-corrected chi connectivity index (χ4v) is 4.89. The van der Waals surface area contributed by atoms with Crippen LogP contribution >= 0.6 is 11.6 Å². The monoisotopic (exact) mass is 564 g/mol. The molecule has 1 unspecified atom stereocenters. The van der Waals surface area contributed by atoms with Gasteiger partial charge in [0.2, 0.25) is 5.95 Å². The number of aromatic nitrogens is 5. The molecule has 4 heterocycles. The van der Waals surface area contributed by atoms with Crippen LogP contribution in [-0.4, -0.2) is 79.7 Å². The van der Waals surface area contributed by atoms with Crippen LogP contribution < -0.4 is 10.1 Å². The number of ether oxygens (including phenoxy) is 2. The van der Waals surface area contributed by atoms with Crippen molar-refractivity contribution in [2.75, 3.05) is 38.6 Å². The molecule has 0 aliphatic carbocycles. The second-order valence-corrected chi connectivity index (χ2v) is 11.0. The Morgan fingerprint density at radius 1 is 1.10 bits per heavy atom. The number of imidazole rings is 1. The smallest absolute Gasteiger partial charge is 0.410 e. The van der Waals surface area contributed by atoms with Gasteiger partial charge in [0.15, 0.2) is 10.9 Å². The highest BCUT2D eigenvalue weighted by atomic mass is 35.5. The van der Waals surface area contributed by atoms with Crippen LogP contribution in [0.3, 0.4) is 0 Å². The van der Waals surface area contributed by atoms with Crippen molar-refractivity contribution in [1.82, 2.24) is 34.7 Å². The van der Waals surface area contributed by atoms with E-state index in [0.717, 1.165) is 35.2 Å². The average molecular weight is 565 g/mol. The lowest BCUT2D eigenvalue weighted by molar-refractivity contribution is 0.0110. The molecule has 5 rings (SSSR count). The molecule has 0 bridgehead atoms. The van der Waals surface area contributed by atoms with Crippen LogP contribution in [0.4, 0.5) is 16.6 Å². The number of amides is 1. The van der Waals surface area contributed by atoms with Crippen molar-refractivity contribution in [3.63, 3.8) is 0 Å². The fraction of sp³-hybridized carbons (Fsp3) is 0.393. The van der Waals surface area contributed by atoms with E-state index in [2.05, 4.69) is 42.1 Å². The third-order valence-corrected chi connectivity index (χ3v) is 7.02. The summed E-state index contributed by atoms with van der Waals surface area (Å²) < 4.78 is 10.9. The SMILES string of the molecule is COc1c(Cl)ncnc1-c1ccc2nc(Nc3cc(C(C)N4CCN(C(=O)OC(C)(C)C)CC4)ccn3)[nH]c2c1. The first-order valence-corrected chi connectivity index (χ1v) is 13.5. The van der Waals surface area contributed by atoms with Crippen LogP contribution in [0.5, 0.6) is 5.75 Å². The summed E-state index contributed by atoms with van der Waals surface area (Å²) in [5.74, 6) is 1.67. The predicted octanol–water partition coefficient (Wildman–Crippen LogP) is 5.43. The number of nitrogens with one attached hydrogen (secondary N) is 2. The zero-order valence-electron chi connectivity index (χ0n) is 23.2. The maximum absolute atomic E-state index is 12.4. The van der Waals surface area contributed by atoms with E-state index in [1.54, 1.807) is 11.1 Å². The lowest BCUT2D eigenvalue weighted by atomic mass is 10.1. The molecule has 2 N–H and O–H groups in total. The standard InChI is InChI=1S/C28H33ClN8O3/c1-17(36-10-12-37(13-11-36)27(38)40-28(2,3)4)18-8-9-30-22(15-18)35-26-33-20-7-6-19(14-21(20)34-26)23-24(39-5)25(29)32-16-31-23/h6-9,14-17H,10-13H2,1-5H3,(H2,30,33,34,35). The van der Waals surface area contributed by atoms with E-state index in [1.807, 2.05) is 51.1 Å². The van der Waals surface area contributed by atoms with Crippen LogP contribution in [0, 0.1) is 0 Å². The Kier molecular flexibility index (Phi) is 7.77. The number of H-pyrrole nitrogens is 1. The highest BCUT2D eigenvalue weighted by molar-refractivity contribution is 6.31. The Hall–Kier alpha value is -3.96. The van der Waals surface area contributed by atoms with Gasteiger partial charge in [-0.05, 0) is 57.5 Å². The molecule has 11 nitrogen and oxygen atoms in total.